The van der Waals surface area contributed by atoms with Crippen LogP contribution >= 0.6 is 15.9 Å². The van der Waals surface area contributed by atoms with Crippen LogP contribution in [-0.4, -0.2) is 68.5 Å². The van der Waals surface area contributed by atoms with Crippen molar-refractivity contribution in [2.75, 3.05) is 52.4 Å². The Labute approximate surface area is 201 Å². The molecule has 0 unspecified atom stereocenters. The first kappa shape index (κ1) is 22.8. The monoisotopic (exact) mass is 512 g/mol. The van der Waals surface area contributed by atoms with Crippen molar-refractivity contribution in [3.63, 3.8) is 0 Å². The SMILES string of the molecule is COc1cc(-c2ccc(N3CCN(C(=O)c4ccc(Br)cc4)CC3)nn2)cc(OC)c1OC. The molecule has 1 fully saturated rings. The van der Waals surface area contributed by atoms with Gasteiger partial charge in [0.2, 0.25) is 5.75 Å². The fraction of sp³-hybridized carbons (Fsp3) is 0.292. The van der Waals surface area contributed by atoms with E-state index in [1.165, 1.54) is 0 Å². The maximum absolute atomic E-state index is 12.7. The van der Waals surface area contributed by atoms with Gasteiger partial charge in [0.15, 0.2) is 17.3 Å². The summed E-state index contributed by atoms with van der Waals surface area (Å²) in [7, 11) is 4.73. The van der Waals surface area contributed by atoms with Gasteiger partial charge in [-0.05, 0) is 48.5 Å². The van der Waals surface area contributed by atoms with Gasteiger partial charge in [-0.15, -0.1) is 10.2 Å². The van der Waals surface area contributed by atoms with Gasteiger partial charge in [0, 0.05) is 41.8 Å². The van der Waals surface area contributed by atoms with E-state index in [-0.39, 0.29) is 5.91 Å². The van der Waals surface area contributed by atoms with Crippen LogP contribution in [0.25, 0.3) is 11.3 Å². The van der Waals surface area contributed by atoms with Crippen molar-refractivity contribution in [2.24, 2.45) is 0 Å². The molecule has 0 aliphatic carbocycles. The lowest BCUT2D eigenvalue weighted by Gasteiger charge is -2.35. The molecule has 0 spiro atoms. The molecule has 2 heterocycles. The highest BCUT2D eigenvalue weighted by Gasteiger charge is 2.23. The topological polar surface area (TPSA) is 77.0 Å². The van der Waals surface area contributed by atoms with Gasteiger partial charge in [0.25, 0.3) is 5.91 Å². The largest absolute Gasteiger partial charge is 0.493 e. The number of carbonyl (C=O) groups excluding carboxylic acids is 1. The molecule has 2 aromatic carbocycles. The number of anilines is 1. The fourth-order valence-electron chi connectivity index (χ4n) is 3.79. The normalized spacial score (nSPS) is 13.6. The summed E-state index contributed by atoms with van der Waals surface area (Å²) < 4.78 is 17.2. The van der Waals surface area contributed by atoms with Crippen LogP contribution in [-0.2, 0) is 0 Å². The minimum atomic E-state index is 0.0472. The van der Waals surface area contributed by atoms with Crippen molar-refractivity contribution in [2.45, 2.75) is 0 Å². The van der Waals surface area contributed by atoms with Crippen LogP contribution in [0.5, 0.6) is 17.2 Å². The molecule has 0 saturated carbocycles. The zero-order valence-electron chi connectivity index (χ0n) is 18.7. The third-order valence-electron chi connectivity index (χ3n) is 5.59. The van der Waals surface area contributed by atoms with Crippen LogP contribution in [0, 0.1) is 0 Å². The number of carbonyl (C=O) groups is 1. The Morgan fingerprint density at radius 3 is 2.00 bits per heavy atom. The van der Waals surface area contributed by atoms with Gasteiger partial charge < -0.3 is 24.0 Å². The third kappa shape index (κ3) is 4.88. The highest BCUT2D eigenvalue weighted by atomic mass is 79.9. The number of benzene rings is 2. The van der Waals surface area contributed by atoms with Crippen molar-refractivity contribution < 1.29 is 19.0 Å². The van der Waals surface area contributed by atoms with Gasteiger partial charge in [-0.3, -0.25) is 4.79 Å². The van der Waals surface area contributed by atoms with E-state index in [1.54, 1.807) is 21.3 Å². The first-order valence-electron chi connectivity index (χ1n) is 10.5. The van der Waals surface area contributed by atoms with E-state index in [9.17, 15) is 4.79 Å². The molecule has 1 amide bonds. The molecule has 4 rings (SSSR count). The highest BCUT2D eigenvalue weighted by Crippen LogP contribution is 2.40. The van der Waals surface area contributed by atoms with Crippen molar-refractivity contribution in [1.82, 2.24) is 15.1 Å². The second-order valence-electron chi connectivity index (χ2n) is 7.48. The lowest BCUT2D eigenvalue weighted by Crippen LogP contribution is -2.49. The Balaban J connectivity index is 1.44. The smallest absolute Gasteiger partial charge is 0.253 e. The number of halogens is 1. The Kier molecular flexibility index (Phi) is 6.98. The Morgan fingerprint density at radius 1 is 0.848 bits per heavy atom. The summed E-state index contributed by atoms with van der Waals surface area (Å²) in [6, 6.07) is 15.0. The van der Waals surface area contributed by atoms with E-state index in [1.807, 2.05) is 53.4 Å². The van der Waals surface area contributed by atoms with Crippen LogP contribution in [0.15, 0.2) is 53.0 Å². The van der Waals surface area contributed by atoms with Crippen molar-refractivity contribution in [1.29, 1.82) is 0 Å². The molecular formula is C24H25BrN4O4. The minimum Gasteiger partial charge on any atom is -0.493 e. The van der Waals surface area contributed by atoms with E-state index in [4.69, 9.17) is 14.2 Å². The quantitative estimate of drug-likeness (QED) is 0.495. The van der Waals surface area contributed by atoms with Gasteiger partial charge in [-0.2, -0.15) is 0 Å². The number of nitrogens with zero attached hydrogens (tertiary/aromatic N) is 4. The summed E-state index contributed by atoms with van der Waals surface area (Å²) in [4.78, 5) is 16.7. The molecule has 9 heteroatoms. The maximum atomic E-state index is 12.7. The highest BCUT2D eigenvalue weighted by molar-refractivity contribution is 9.10. The molecule has 1 aromatic heterocycles. The van der Waals surface area contributed by atoms with Gasteiger partial charge in [0.1, 0.15) is 0 Å². The van der Waals surface area contributed by atoms with Gasteiger partial charge in [-0.25, -0.2) is 0 Å². The Morgan fingerprint density at radius 2 is 1.48 bits per heavy atom. The number of hydrogen-bond acceptors (Lipinski definition) is 7. The summed E-state index contributed by atoms with van der Waals surface area (Å²) in [5, 5.41) is 8.84. The number of aromatic nitrogens is 2. The molecule has 1 saturated heterocycles. The molecule has 1 aliphatic heterocycles. The zero-order valence-corrected chi connectivity index (χ0v) is 20.3. The van der Waals surface area contributed by atoms with Crippen molar-refractivity contribution in [3.8, 4) is 28.5 Å². The molecule has 33 heavy (non-hydrogen) atoms. The number of methoxy groups -OCH3 is 3. The van der Waals surface area contributed by atoms with Gasteiger partial charge in [0.05, 0.1) is 27.0 Å². The molecule has 0 atom stereocenters. The fourth-order valence-corrected chi connectivity index (χ4v) is 4.05. The average Bonchev–Trinajstić information content (AvgIpc) is 2.88. The summed E-state index contributed by atoms with van der Waals surface area (Å²) in [5.74, 6) is 2.48. The van der Waals surface area contributed by atoms with E-state index in [2.05, 4.69) is 31.0 Å². The third-order valence-corrected chi connectivity index (χ3v) is 6.12. The van der Waals surface area contributed by atoms with Crippen LogP contribution < -0.4 is 19.1 Å². The minimum absolute atomic E-state index is 0.0472. The Hall–Kier alpha value is -3.33. The maximum Gasteiger partial charge on any atom is 0.253 e. The predicted molar refractivity (Wildman–Crippen MR) is 129 cm³/mol. The zero-order chi connectivity index (χ0) is 23.4. The van der Waals surface area contributed by atoms with E-state index >= 15 is 0 Å². The second kappa shape index (κ2) is 10.1. The van der Waals surface area contributed by atoms with Crippen molar-refractivity contribution in [3.05, 3.63) is 58.6 Å². The summed E-state index contributed by atoms with van der Waals surface area (Å²) >= 11 is 3.40. The molecule has 172 valence electrons. The van der Waals surface area contributed by atoms with E-state index < -0.39 is 0 Å². The molecular weight excluding hydrogens is 488 g/mol. The molecule has 0 radical (unpaired) electrons. The second-order valence-corrected chi connectivity index (χ2v) is 8.39. The van der Waals surface area contributed by atoms with E-state index in [0.717, 1.165) is 15.9 Å². The Bertz CT molecular complexity index is 1090. The van der Waals surface area contributed by atoms with Crippen LogP contribution in [0.1, 0.15) is 10.4 Å². The van der Waals surface area contributed by atoms with E-state index in [0.29, 0.717) is 54.7 Å². The summed E-state index contributed by atoms with van der Waals surface area (Å²) in [6.07, 6.45) is 0. The first-order valence-corrected chi connectivity index (χ1v) is 11.3. The van der Waals surface area contributed by atoms with Crippen LogP contribution in [0.3, 0.4) is 0 Å². The lowest BCUT2D eigenvalue weighted by molar-refractivity contribution is 0.0746. The lowest BCUT2D eigenvalue weighted by atomic mass is 10.1. The van der Waals surface area contributed by atoms with Crippen LogP contribution in [0.4, 0.5) is 5.82 Å². The predicted octanol–water partition coefficient (Wildman–Crippen LogP) is 3.89. The molecule has 0 N–H and O–H groups in total. The van der Waals surface area contributed by atoms with Crippen LogP contribution in [0.2, 0.25) is 0 Å². The molecule has 3 aromatic rings. The first-order chi connectivity index (χ1) is 16.0. The molecule has 0 bridgehead atoms. The van der Waals surface area contributed by atoms with Gasteiger partial charge in [-0.1, -0.05) is 15.9 Å². The number of ether oxygens (including phenoxy) is 3. The summed E-state index contributed by atoms with van der Waals surface area (Å²) in [6.45, 7) is 2.65. The average molecular weight is 513 g/mol. The number of piperazine rings is 1. The van der Waals surface area contributed by atoms with Crippen molar-refractivity contribution >= 4 is 27.7 Å². The molecule has 8 nitrogen and oxygen atoms in total. The number of rotatable bonds is 6. The summed E-state index contributed by atoms with van der Waals surface area (Å²) in [5.41, 5.74) is 2.21. The standard InChI is InChI=1S/C24H25BrN4O4/c1-31-20-14-17(15-21(32-2)23(20)33-3)19-8-9-22(27-26-19)28-10-12-29(13-11-28)24(30)16-4-6-18(25)7-5-16/h4-9,14-15H,10-13H2,1-3H3. The number of amides is 1. The van der Waals surface area contributed by atoms with Gasteiger partial charge >= 0.3 is 0 Å². The number of hydrogen-bond donors (Lipinski definition) is 0. The molecule has 1 aliphatic rings.